The summed E-state index contributed by atoms with van der Waals surface area (Å²) >= 11 is 0. The summed E-state index contributed by atoms with van der Waals surface area (Å²) in [6, 6.07) is 5.65. The predicted octanol–water partition coefficient (Wildman–Crippen LogP) is 2.69. The van der Waals surface area contributed by atoms with Gasteiger partial charge < -0.3 is 9.84 Å². The van der Waals surface area contributed by atoms with Gasteiger partial charge >= 0.3 is 5.97 Å². The Kier molecular flexibility index (Phi) is 4.65. The van der Waals surface area contributed by atoms with E-state index in [9.17, 15) is 9.90 Å². The fourth-order valence-electron chi connectivity index (χ4n) is 3.10. The molecule has 1 saturated heterocycles. The average Bonchev–Trinajstić information content (AvgIpc) is 2.38. The summed E-state index contributed by atoms with van der Waals surface area (Å²) in [5.74, 6) is 0.304. The fraction of sp³-hybridized carbons (Fsp3) is 0.562. The van der Waals surface area contributed by atoms with Crippen molar-refractivity contribution in [3.05, 3.63) is 29.3 Å². The van der Waals surface area contributed by atoms with Gasteiger partial charge in [0.2, 0.25) is 0 Å². The molecule has 1 aromatic rings. The number of aryl methyl sites for hydroxylation is 1. The van der Waals surface area contributed by atoms with Crippen molar-refractivity contribution < 1.29 is 14.6 Å². The number of likely N-dealkylation sites (tertiary alicyclic amines) is 1. The number of aliphatic carboxylic acids is 1. The van der Waals surface area contributed by atoms with E-state index in [2.05, 4.69) is 11.0 Å². The van der Waals surface area contributed by atoms with Crippen molar-refractivity contribution >= 4 is 5.97 Å². The maximum atomic E-state index is 11.5. The molecule has 1 aliphatic rings. The van der Waals surface area contributed by atoms with Crippen molar-refractivity contribution in [3.63, 3.8) is 0 Å². The molecular weight excluding hydrogens is 254 g/mol. The number of hydrogen-bond acceptors (Lipinski definition) is 3. The van der Waals surface area contributed by atoms with Crippen LogP contribution in [-0.4, -0.2) is 35.7 Å². The first kappa shape index (κ1) is 14.9. The molecule has 110 valence electrons. The Morgan fingerprint density at radius 1 is 1.50 bits per heavy atom. The Labute approximate surface area is 120 Å². The van der Waals surface area contributed by atoms with Crippen LogP contribution in [0.3, 0.4) is 0 Å². The number of piperidine rings is 1. The molecular formula is C16H23NO3. The number of hydrogen-bond donors (Lipinski definition) is 1. The Balaban J connectivity index is 2.23. The Morgan fingerprint density at radius 3 is 2.90 bits per heavy atom. The average molecular weight is 277 g/mol. The van der Waals surface area contributed by atoms with Crippen molar-refractivity contribution in [2.45, 2.75) is 39.3 Å². The third kappa shape index (κ3) is 3.12. The lowest BCUT2D eigenvalue weighted by atomic mass is 9.90. The third-order valence-corrected chi connectivity index (χ3v) is 4.10. The highest BCUT2D eigenvalue weighted by molar-refractivity contribution is 5.74. The molecule has 0 aromatic heterocycles. The minimum atomic E-state index is -0.719. The van der Waals surface area contributed by atoms with Gasteiger partial charge in [0.1, 0.15) is 11.8 Å². The molecule has 0 bridgehead atoms. The van der Waals surface area contributed by atoms with Gasteiger partial charge in [0, 0.05) is 12.1 Å². The number of carboxylic acid groups (broad SMARTS) is 1. The van der Waals surface area contributed by atoms with E-state index in [-0.39, 0.29) is 5.92 Å². The second-order valence-electron chi connectivity index (χ2n) is 5.69. The highest BCUT2D eigenvalue weighted by Crippen LogP contribution is 2.28. The Hall–Kier alpha value is -1.55. The highest BCUT2D eigenvalue weighted by atomic mass is 16.5. The van der Waals surface area contributed by atoms with E-state index >= 15 is 0 Å². The van der Waals surface area contributed by atoms with E-state index in [0.717, 1.165) is 36.3 Å². The van der Waals surface area contributed by atoms with E-state index in [1.165, 1.54) is 0 Å². The molecule has 1 aliphatic heterocycles. The van der Waals surface area contributed by atoms with Gasteiger partial charge in [0.15, 0.2) is 0 Å². The van der Waals surface area contributed by atoms with Crippen LogP contribution in [0.4, 0.5) is 0 Å². The van der Waals surface area contributed by atoms with Crippen molar-refractivity contribution in [1.29, 1.82) is 0 Å². The molecule has 0 amide bonds. The standard InChI is InChI=1S/C16H23NO3/c1-11-6-7-14(20-3)13(9-11)10-17-8-4-5-12(2)15(17)16(18)19/h6-7,9,12,15H,4-5,8,10H2,1-3H3,(H,18,19). The smallest absolute Gasteiger partial charge is 0.321 e. The second kappa shape index (κ2) is 6.27. The van der Waals surface area contributed by atoms with Gasteiger partial charge in [-0.1, -0.05) is 24.6 Å². The van der Waals surface area contributed by atoms with E-state index in [1.54, 1.807) is 7.11 Å². The van der Waals surface area contributed by atoms with Crippen LogP contribution in [0, 0.1) is 12.8 Å². The molecule has 2 atom stereocenters. The van der Waals surface area contributed by atoms with Crippen molar-refractivity contribution in [2.24, 2.45) is 5.92 Å². The maximum absolute atomic E-state index is 11.5. The minimum absolute atomic E-state index is 0.192. The summed E-state index contributed by atoms with van der Waals surface area (Å²) in [5, 5.41) is 9.47. The molecule has 0 spiro atoms. The van der Waals surface area contributed by atoms with Crippen LogP contribution in [0.15, 0.2) is 18.2 Å². The lowest BCUT2D eigenvalue weighted by Gasteiger charge is -2.37. The largest absolute Gasteiger partial charge is 0.496 e. The molecule has 4 nitrogen and oxygen atoms in total. The number of nitrogens with zero attached hydrogens (tertiary/aromatic N) is 1. The number of rotatable bonds is 4. The number of benzene rings is 1. The van der Waals surface area contributed by atoms with Crippen molar-refractivity contribution in [2.75, 3.05) is 13.7 Å². The molecule has 1 aromatic carbocycles. The zero-order chi connectivity index (χ0) is 14.7. The summed E-state index contributed by atoms with van der Waals surface area (Å²) in [5.41, 5.74) is 2.23. The van der Waals surface area contributed by atoms with E-state index in [0.29, 0.717) is 6.54 Å². The maximum Gasteiger partial charge on any atom is 0.321 e. The molecule has 2 unspecified atom stereocenters. The third-order valence-electron chi connectivity index (χ3n) is 4.10. The van der Waals surface area contributed by atoms with Crippen molar-refractivity contribution in [1.82, 2.24) is 4.90 Å². The number of carboxylic acids is 1. The second-order valence-corrected chi connectivity index (χ2v) is 5.69. The van der Waals surface area contributed by atoms with Crippen LogP contribution < -0.4 is 4.74 Å². The van der Waals surface area contributed by atoms with Gasteiger partial charge in [-0.05, 0) is 38.3 Å². The summed E-state index contributed by atoms with van der Waals surface area (Å²) in [6.45, 7) is 5.53. The molecule has 4 heteroatoms. The SMILES string of the molecule is COc1ccc(C)cc1CN1CCCC(C)C1C(=O)O. The number of carbonyl (C=O) groups is 1. The van der Waals surface area contributed by atoms with Crippen LogP contribution in [0.25, 0.3) is 0 Å². The molecule has 1 N–H and O–H groups in total. The van der Waals surface area contributed by atoms with Crippen LogP contribution in [-0.2, 0) is 11.3 Å². The zero-order valence-corrected chi connectivity index (χ0v) is 12.4. The lowest BCUT2D eigenvalue weighted by Crippen LogP contribution is -2.48. The first-order valence-electron chi connectivity index (χ1n) is 7.13. The minimum Gasteiger partial charge on any atom is -0.496 e. The molecule has 20 heavy (non-hydrogen) atoms. The van der Waals surface area contributed by atoms with E-state index in [4.69, 9.17) is 4.74 Å². The molecule has 0 radical (unpaired) electrons. The quantitative estimate of drug-likeness (QED) is 0.919. The van der Waals surface area contributed by atoms with Crippen LogP contribution in [0.1, 0.15) is 30.9 Å². The number of ether oxygens (including phenoxy) is 1. The summed E-state index contributed by atoms with van der Waals surface area (Å²) in [6.07, 6.45) is 2.04. The fourth-order valence-corrected chi connectivity index (χ4v) is 3.10. The molecule has 1 fully saturated rings. The van der Waals surface area contributed by atoms with Crippen LogP contribution >= 0.6 is 0 Å². The van der Waals surface area contributed by atoms with Crippen molar-refractivity contribution in [3.8, 4) is 5.75 Å². The Bertz CT molecular complexity index is 487. The van der Waals surface area contributed by atoms with Crippen LogP contribution in [0.5, 0.6) is 5.75 Å². The summed E-state index contributed by atoms with van der Waals surface area (Å²) < 4.78 is 5.39. The molecule has 0 saturated carbocycles. The van der Waals surface area contributed by atoms with Crippen LogP contribution in [0.2, 0.25) is 0 Å². The molecule has 2 rings (SSSR count). The molecule has 1 heterocycles. The zero-order valence-electron chi connectivity index (χ0n) is 12.4. The van der Waals surface area contributed by atoms with Gasteiger partial charge in [-0.3, -0.25) is 9.69 Å². The summed E-state index contributed by atoms with van der Waals surface area (Å²) in [7, 11) is 1.65. The highest BCUT2D eigenvalue weighted by Gasteiger charge is 2.34. The monoisotopic (exact) mass is 277 g/mol. The normalized spacial score (nSPS) is 23.6. The predicted molar refractivity (Wildman–Crippen MR) is 78.0 cm³/mol. The lowest BCUT2D eigenvalue weighted by molar-refractivity contribution is -0.147. The summed E-state index contributed by atoms with van der Waals surface area (Å²) in [4.78, 5) is 13.6. The van der Waals surface area contributed by atoms with Gasteiger partial charge in [-0.2, -0.15) is 0 Å². The molecule has 0 aliphatic carbocycles. The number of methoxy groups -OCH3 is 1. The van der Waals surface area contributed by atoms with Gasteiger partial charge in [0.05, 0.1) is 7.11 Å². The van der Waals surface area contributed by atoms with E-state index < -0.39 is 12.0 Å². The van der Waals surface area contributed by atoms with Gasteiger partial charge in [-0.25, -0.2) is 0 Å². The first-order valence-corrected chi connectivity index (χ1v) is 7.13. The van der Waals surface area contributed by atoms with Gasteiger partial charge in [-0.15, -0.1) is 0 Å². The van der Waals surface area contributed by atoms with E-state index in [1.807, 2.05) is 26.0 Å². The Morgan fingerprint density at radius 2 is 2.25 bits per heavy atom. The topological polar surface area (TPSA) is 49.8 Å². The first-order chi connectivity index (χ1) is 9.52. The van der Waals surface area contributed by atoms with Gasteiger partial charge in [0.25, 0.3) is 0 Å².